The number of ether oxygens (including phenoxy) is 2. The van der Waals surface area contributed by atoms with E-state index in [2.05, 4.69) is 20.8 Å². The smallest absolute Gasteiger partial charge is 0.274 e. The topological polar surface area (TPSA) is 90.3 Å². The van der Waals surface area contributed by atoms with Gasteiger partial charge in [-0.25, -0.2) is 0 Å². The molecule has 0 aliphatic carbocycles. The molecular formula is C18H25N5O3. The molecule has 0 radical (unpaired) electrons. The Morgan fingerprint density at radius 1 is 1.31 bits per heavy atom. The van der Waals surface area contributed by atoms with Gasteiger partial charge < -0.3 is 20.1 Å². The maximum atomic E-state index is 12.5. The molecule has 0 bridgehead atoms. The zero-order valence-corrected chi connectivity index (χ0v) is 15.2. The van der Waals surface area contributed by atoms with Gasteiger partial charge in [-0.3, -0.25) is 4.79 Å². The number of carbonyl (C=O) groups excluding carboxylic acids is 1. The summed E-state index contributed by atoms with van der Waals surface area (Å²) in [4.78, 5) is 14.0. The minimum absolute atomic E-state index is 0.143. The van der Waals surface area contributed by atoms with E-state index in [1.165, 1.54) is 4.80 Å². The van der Waals surface area contributed by atoms with Gasteiger partial charge in [0.2, 0.25) is 0 Å². The van der Waals surface area contributed by atoms with E-state index in [0.29, 0.717) is 24.6 Å². The standard InChI is InChI=1S/C18H25N5O3/c1-13-17(18(24)20-14-4-3-9-19-12-14)22-23(21-13)15-5-7-16(8-6-15)26-11-10-25-2/h5-8,14,19H,3-4,9-12H2,1-2H3,(H,20,24). The molecule has 1 saturated heterocycles. The average Bonchev–Trinajstić information content (AvgIpc) is 3.05. The van der Waals surface area contributed by atoms with Gasteiger partial charge in [-0.2, -0.15) is 9.90 Å². The molecule has 140 valence electrons. The molecule has 26 heavy (non-hydrogen) atoms. The molecule has 0 saturated carbocycles. The molecule has 1 unspecified atom stereocenters. The number of rotatable bonds is 7. The molecule has 2 heterocycles. The highest BCUT2D eigenvalue weighted by molar-refractivity contribution is 5.93. The number of hydrogen-bond donors (Lipinski definition) is 2. The number of piperidine rings is 1. The summed E-state index contributed by atoms with van der Waals surface area (Å²) in [6.45, 7) is 4.63. The minimum atomic E-state index is -0.179. The highest BCUT2D eigenvalue weighted by Gasteiger charge is 2.21. The predicted octanol–water partition coefficient (Wildman–Crippen LogP) is 1.08. The van der Waals surface area contributed by atoms with Crippen LogP contribution in [0.2, 0.25) is 0 Å². The van der Waals surface area contributed by atoms with Gasteiger partial charge in [0.1, 0.15) is 12.4 Å². The third-order valence-corrected chi connectivity index (χ3v) is 4.25. The number of methoxy groups -OCH3 is 1. The summed E-state index contributed by atoms with van der Waals surface area (Å²) in [6, 6.07) is 7.54. The van der Waals surface area contributed by atoms with E-state index in [9.17, 15) is 4.79 Å². The Kier molecular flexibility index (Phi) is 6.19. The maximum absolute atomic E-state index is 12.5. The van der Waals surface area contributed by atoms with Gasteiger partial charge >= 0.3 is 0 Å². The summed E-state index contributed by atoms with van der Waals surface area (Å²) in [7, 11) is 1.64. The van der Waals surface area contributed by atoms with Crippen molar-refractivity contribution in [3.63, 3.8) is 0 Å². The zero-order chi connectivity index (χ0) is 18.4. The highest BCUT2D eigenvalue weighted by atomic mass is 16.5. The Bertz CT molecular complexity index is 723. The molecule has 8 heteroatoms. The van der Waals surface area contributed by atoms with Crippen molar-refractivity contribution in [2.45, 2.75) is 25.8 Å². The van der Waals surface area contributed by atoms with Crippen molar-refractivity contribution < 1.29 is 14.3 Å². The summed E-state index contributed by atoms with van der Waals surface area (Å²) in [5, 5.41) is 15.0. The van der Waals surface area contributed by atoms with Crippen LogP contribution < -0.4 is 15.4 Å². The van der Waals surface area contributed by atoms with E-state index in [1.807, 2.05) is 24.3 Å². The second-order valence-corrected chi connectivity index (χ2v) is 6.28. The fourth-order valence-corrected chi connectivity index (χ4v) is 2.85. The van der Waals surface area contributed by atoms with Crippen molar-refractivity contribution in [2.75, 3.05) is 33.4 Å². The molecule has 8 nitrogen and oxygen atoms in total. The number of hydrogen-bond acceptors (Lipinski definition) is 6. The van der Waals surface area contributed by atoms with Crippen molar-refractivity contribution in [1.82, 2.24) is 25.6 Å². The van der Waals surface area contributed by atoms with E-state index in [0.717, 1.165) is 37.4 Å². The van der Waals surface area contributed by atoms with E-state index in [4.69, 9.17) is 9.47 Å². The molecule has 1 atom stereocenters. The van der Waals surface area contributed by atoms with Crippen LogP contribution >= 0.6 is 0 Å². The van der Waals surface area contributed by atoms with Gasteiger partial charge in [0.05, 0.1) is 18.0 Å². The monoisotopic (exact) mass is 359 g/mol. The first-order chi connectivity index (χ1) is 12.7. The van der Waals surface area contributed by atoms with Crippen LogP contribution in [0, 0.1) is 6.92 Å². The van der Waals surface area contributed by atoms with Crippen LogP contribution in [0.25, 0.3) is 5.69 Å². The largest absolute Gasteiger partial charge is 0.491 e. The van der Waals surface area contributed by atoms with Gasteiger partial charge in [-0.15, -0.1) is 5.10 Å². The lowest BCUT2D eigenvalue weighted by molar-refractivity contribution is 0.0924. The van der Waals surface area contributed by atoms with E-state index >= 15 is 0 Å². The van der Waals surface area contributed by atoms with Gasteiger partial charge in [0.15, 0.2) is 5.69 Å². The molecule has 2 aromatic rings. The van der Waals surface area contributed by atoms with Crippen LogP contribution in [0.3, 0.4) is 0 Å². The first-order valence-corrected chi connectivity index (χ1v) is 8.85. The number of nitrogens with zero attached hydrogens (tertiary/aromatic N) is 3. The SMILES string of the molecule is COCCOc1ccc(-n2nc(C)c(C(=O)NC3CCCNC3)n2)cc1. The Hall–Kier alpha value is -2.45. The molecule has 3 rings (SSSR count). The quantitative estimate of drug-likeness (QED) is 0.719. The van der Waals surface area contributed by atoms with Crippen molar-refractivity contribution in [3.8, 4) is 11.4 Å². The molecule has 1 aliphatic heterocycles. The van der Waals surface area contributed by atoms with Crippen molar-refractivity contribution >= 4 is 5.91 Å². The molecule has 1 aromatic carbocycles. The summed E-state index contributed by atoms with van der Waals surface area (Å²) in [6.07, 6.45) is 2.05. The zero-order valence-electron chi connectivity index (χ0n) is 15.2. The fraction of sp³-hybridized carbons (Fsp3) is 0.500. The van der Waals surface area contributed by atoms with Crippen LogP contribution in [0.5, 0.6) is 5.75 Å². The Balaban J connectivity index is 1.66. The molecule has 1 aromatic heterocycles. The van der Waals surface area contributed by atoms with Crippen molar-refractivity contribution in [1.29, 1.82) is 0 Å². The molecule has 1 amide bonds. The van der Waals surface area contributed by atoms with E-state index < -0.39 is 0 Å². The van der Waals surface area contributed by atoms with Gasteiger partial charge in [0.25, 0.3) is 5.91 Å². The van der Waals surface area contributed by atoms with Crippen molar-refractivity contribution in [2.24, 2.45) is 0 Å². The van der Waals surface area contributed by atoms with E-state index in [-0.39, 0.29) is 11.9 Å². The minimum Gasteiger partial charge on any atom is -0.491 e. The summed E-state index contributed by atoms with van der Waals surface area (Å²) in [5.41, 5.74) is 1.73. The molecule has 2 N–H and O–H groups in total. The van der Waals surface area contributed by atoms with Crippen LogP contribution in [-0.4, -0.2) is 60.4 Å². The van der Waals surface area contributed by atoms with Crippen LogP contribution in [0.15, 0.2) is 24.3 Å². The van der Waals surface area contributed by atoms with Crippen LogP contribution in [-0.2, 0) is 4.74 Å². The number of amides is 1. The lowest BCUT2D eigenvalue weighted by Crippen LogP contribution is -2.45. The molecule has 1 aliphatic rings. The van der Waals surface area contributed by atoms with Gasteiger partial charge in [0, 0.05) is 19.7 Å². The third-order valence-electron chi connectivity index (χ3n) is 4.25. The Labute approximate surface area is 152 Å². The number of aryl methyl sites for hydroxylation is 1. The second-order valence-electron chi connectivity index (χ2n) is 6.28. The average molecular weight is 359 g/mol. The predicted molar refractivity (Wildman–Crippen MR) is 96.8 cm³/mol. The summed E-state index contributed by atoms with van der Waals surface area (Å²) in [5.74, 6) is 0.569. The highest BCUT2D eigenvalue weighted by Crippen LogP contribution is 2.15. The first-order valence-electron chi connectivity index (χ1n) is 8.85. The first kappa shape index (κ1) is 18.3. The maximum Gasteiger partial charge on any atom is 0.274 e. The molecule has 1 fully saturated rings. The number of nitrogens with one attached hydrogen (secondary N) is 2. The fourth-order valence-electron chi connectivity index (χ4n) is 2.85. The third kappa shape index (κ3) is 4.59. The van der Waals surface area contributed by atoms with Gasteiger partial charge in [-0.05, 0) is 50.6 Å². The lowest BCUT2D eigenvalue weighted by Gasteiger charge is -2.23. The van der Waals surface area contributed by atoms with E-state index in [1.54, 1.807) is 14.0 Å². The Morgan fingerprint density at radius 2 is 2.12 bits per heavy atom. The molecular weight excluding hydrogens is 334 g/mol. The summed E-state index contributed by atoms with van der Waals surface area (Å²) >= 11 is 0. The van der Waals surface area contributed by atoms with Crippen molar-refractivity contribution in [3.05, 3.63) is 35.7 Å². The van der Waals surface area contributed by atoms with Gasteiger partial charge in [-0.1, -0.05) is 0 Å². The number of aromatic nitrogens is 3. The van der Waals surface area contributed by atoms with Crippen LogP contribution in [0.1, 0.15) is 29.0 Å². The lowest BCUT2D eigenvalue weighted by atomic mass is 10.1. The number of benzene rings is 1. The molecule has 0 spiro atoms. The summed E-state index contributed by atoms with van der Waals surface area (Å²) < 4.78 is 10.5. The van der Waals surface area contributed by atoms with Crippen LogP contribution in [0.4, 0.5) is 0 Å². The Morgan fingerprint density at radius 3 is 2.81 bits per heavy atom. The second kappa shape index (κ2) is 8.77. The number of carbonyl (C=O) groups is 1. The normalized spacial score (nSPS) is 17.1.